The minimum absolute atomic E-state index is 0.0139. The number of hydrogen-bond donors (Lipinski definition) is 1. The third-order valence-electron chi connectivity index (χ3n) is 5.52. The standard InChI is InChI=1S/C19H24N4O2S/c1-14-17(26-13-22-14)10-23-11-19(12-23)16(5-9-25-19)4-8-21-18(24)15-2-6-20-7-3-15/h2-3,6-7,13,16H,4-5,8-12H2,1H3,(H,21,24). The molecule has 4 heterocycles. The molecule has 1 unspecified atom stereocenters. The van der Waals surface area contributed by atoms with E-state index in [0.717, 1.165) is 44.8 Å². The normalized spacial score (nSPS) is 21.7. The first kappa shape index (κ1) is 17.6. The van der Waals surface area contributed by atoms with Crippen LogP contribution >= 0.6 is 11.3 Å². The summed E-state index contributed by atoms with van der Waals surface area (Å²) in [7, 11) is 0. The molecule has 2 aromatic heterocycles. The number of pyridine rings is 1. The minimum atomic E-state index is -0.0312. The topological polar surface area (TPSA) is 67.3 Å². The van der Waals surface area contributed by atoms with Crippen molar-refractivity contribution in [2.75, 3.05) is 26.2 Å². The molecule has 2 aliphatic rings. The lowest BCUT2D eigenvalue weighted by Gasteiger charge is -2.50. The molecular formula is C19H24N4O2S. The molecule has 1 atom stereocenters. The predicted molar refractivity (Wildman–Crippen MR) is 100 cm³/mol. The van der Waals surface area contributed by atoms with Gasteiger partial charge in [-0.25, -0.2) is 4.98 Å². The number of carbonyl (C=O) groups is 1. The monoisotopic (exact) mass is 372 g/mol. The van der Waals surface area contributed by atoms with Crippen LogP contribution in [-0.4, -0.2) is 52.6 Å². The van der Waals surface area contributed by atoms with Gasteiger partial charge in [0, 0.05) is 55.6 Å². The van der Waals surface area contributed by atoms with E-state index in [4.69, 9.17) is 4.74 Å². The van der Waals surface area contributed by atoms with Crippen LogP contribution < -0.4 is 5.32 Å². The molecule has 1 spiro atoms. The Hall–Kier alpha value is -1.83. The Kier molecular flexibility index (Phi) is 5.02. The molecule has 0 aromatic carbocycles. The van der Waals surface area contributed by atoms with Crippen LogP contribution in [0, 0.1) is 12.8 Å². The van der Waals surface area contributed by atoms with Gasteiger partial charge in [-0.1, -0.05) is 0 Å². The Balaban J connectivity index is 1.26. The van der Waals surface area contributed by atoms with Gasteiger partial charge in [-0.15, -0.1) is 11.3 Å². The first-order chi connectivity index (χ1) is 12.7. The van der Waals surface area contributed by atoms with E-state index in [1.54, 1.807) is 35.9 Å². The highest BCUT2D eigenvalue weighted by atomic mass is 32.1. The lowest BCUT2D eigenvalue weighted by atomic mass is 9.79. The lowest BCUT2D eigenvalue weighted by Crippen LogP contribution is -2.64. The second-order valence-corrected chi connectivity index (χ2v) is 8.12. The number of ether oxygens (including phenoxy) is 1. The number of hydrogen-bond acceptors (Lipinski definition) is 6. The summed E-state index contributed by atoms with van der Waals surface area (Å²) in [6.45, 7) is 6.51. The van der Waals surface area contributed by atoms with E-state index in [1.165, 1.54) is 4.88 Å². The Morgan fingerprint density at radius 1 is 1.42 bits per heavy atom. The van der Waals surface area contributed by atoms with Gasteiger partial charge in [0.05, 0.1) is 16.8 Å². The van der Waals surface area contributed by atoms with Gasteiger partial charge in [-0.2, -0.15) is 0 Å². The SMILES string of the molecule is Cc1ncsc1CN1CC2(C1)OCCC2CCNC(=O)c1ccncc1. The van der Waals surface area contributed by atoms with Crippen molar-refractivity contribution < 1.29 is 9.53 Å². The van der Waals surface area contributed by atoms with Gasteiger partial charge >= 0.3 is 0 Å². The number of aryl methyl sites for hydroxylation is 1. The predicted octanol–water partition coefficient (Wildman–Crippen LogP) is 2.26. The summed E-state index contributed by atoms with van der Waals surface area (Å²) in [5.74, 6) is 0.482. The lowest BCUT2D eigenvalue weighted by molar-refractivity contribution is -0.136. The fourth-order valence-electron chi connectivity index (χ4n) is 4.01. The summed E-state index contributed by atoms with van der Waals surface area (Å²) < 4.78 is 6.14. The van der Waals surface area contributed by atoms with E-state index in [1.807, 2.05) is 5.51 Å². The average Bonchev–Trinajstić information content (AvgIpc) is 3.22. The number of carbonyl (C=O) groups excluding carboxylic acids is 1. The molecule has 0 saturated carbocycles. The number of aromatic nitrogens is 2. The Bertz CT molecular complexity index is 758. The van der Waals surface area contributed by atoms with Crippen molar-refractivity contribution in [3.05, 3.63) is 46.2 Å². The Morgan fingerprint density at radius 3 is 2.96 bits per heavy atom. The highest BCUT2D eigenvalue weighted by molar-refractivity contribution is 7.09. The molecule has 2 aromatic rings. The van der Waals surface area contributed by atoms with E-state index < -0.39 is 0 Å². The second kappa shape index (κ2) is 7.42. The second-order valence-electron chi connectivity index (χ2n) is 7.19. The van der Waals surface area contributed by atoms with Gasteiger partial charge in [0.2, 0.25) is 0 Å². The fourth-order valence-corrected chi connectivity index (χ4v) is 4.83. The van der Waals surface area contributed by atoms with Gasteiger partial charge in [0.25, 0.3) is 5.91 Å². The minimum Gasteiger partial charge on any atom is -0.372 e. The molecule has 6 nitrogen and oxygen atoms in total. The van der Waals surface area contributed by atoms with Gasteiger partial charge in [-0.3, -0.25) is 14.7 Å². The van der Waals surface area contributed by atoms with Crippen molar-refractivity contribution in [1.29, 1.82) is 0 Å². The first-order valence-corrected chi connectivity index (χ1v) is 9.98. The van der Waals surface area contributed by atoms with Crippen LogP contribution in [0.25, 0.3) is 0 Å². The quantitative estimate of drug-likeness (QED) is 0.842. The molecule has 0 aliphatic carbocycles. The number of amides is 1. The van der Waals surface area contributed by atoms with Crippen LogP contribution in [0.4, 0.5) is 0 Å². The molecule has 2 aliphatic heterocycles. The van der Waals surface area contributed by atoms with Crippen molar-refractivity contribution in [2.24, 2.45) is 5.92 Å². The Labute approximate surface area is 157 Å². The van der Waals surface area contributed by atoms with Crippen molar-refractivity contribution in [3.63, 3.8) is 0 Å². The van der Waals surface area contributed by atoms with Gasteiger partial charge in [0.1, 0.15) is 0 Å². The highest BCUT2D eigenvalue weighted by Crippen LogP contribution is 2.42. The van der Waals surface area contributed by atoms with Crippen LogP contribution in [0.3, 0.4) is 0 Å². The molecular weight excluding hydrogens is 348 g/mol. The molecule has 138 valence electrons. The molecule has 0 radical (unpaired) electrons. The van der Waals surface area contributed by atoms with E-state index in [-0.39, 0.29) is 11.5 Å². The summed E-state index contributed by atoms with van der Waals surface area (Å²) in [5, 5.41) is 3.02. The van der Waals surface area contributed by atoms with E-state index in [9.17, 15) is 4.79 Å². The number of thiazole rings is 1. The number of likely N-dealkylation sites (tertiary alicyclic amines) is 1. The van der Waals surface area contributed by atoms with E-state index >= 15 is 0 Å². The van der Waals surface area contributed by atoms with Gasteiger partial charge in [-0.05, 0) is 37.8 Å². The number of nitrogens with zero attached hydrogens (tertiary/aromatic N) is 3. The molecule has 4 rings (SSSR count). The summed E-state index contributed by atoms with van der Waals surface area (Å²) in [4.78, 5) is 24.2. The molecule has 7 heteroatoms. The van der Waals surface area contributed by atoms with Crippen molar-refractivity contribution in [1.82, 2.24) is 20.2 Å². The van der Waals surface area contributed by atoms with E-state index in [0.29, 0.717) is 18.0 Å². The van der Waals surface area contributed by atoms with E-state index in [2.05, 4.69) is 27.1 Å². The maximum atomic E-state index is 12.1. The molecule has 0 bridgehead atoms. The zero-order valence-corrected chi connectivity index (χ0v) is 15.8. The van der Waals surface area contributed by atoms with Crippen molar-refractivity contribution in [3.8, 4) is 0 Å². The summed E-state index contributed by atoms with van der Waals surface area (Å²) in [6.07, 6.45) is 5.33. The zero-order chi connectivity index (χ0) is 18.0. The maximum absolute atomic E-state index is 12.1. The first-order valence-electron chi connectivity index (χ1n) is 9.10. The van der Waals surface area contributed by atoms with Crippen LogP contribution in [0.15, 0.2) is 30.0 Å². The highest BCUT2D eigenvalue weighted by Gasteiger charge is 2.52. The largest absolute Gasteiger partial charge is 0.372 e. The average molecular weight is 372 g/mol. The molecule has 1 N–H and O–H groups in total. The molecule has 1 amide bonds. The van der Waals surface area contributed by atoms with Crippen LogP contribution in [0.2, 0.25) is 0 Å². The van der Waals surface area contributed by atoms with Crippen LogP contribution in [-0.2, 0) is 11.3 Å². The summed E-state index contributed by atoms with van der Waals surface area (Å²) in [5.41, 5.74) is 3.70. The molecule has 2 saturated heterocycles. The fraction of sp³-hybridized carbons (Fsp3) is 0.526. The summed E-state index contributed by atoms with van der Waals surface area (Å²) >= 11 is 1.73. The number of nitrogens with one attached hydrogen (secondary N) is 1. The smallest absolute Gasteiger partial charge is 0.251 e. The third-order valence-corrected chi connectivity index (χ3v) is 6.44. The van der Waals surface area contributed by atoms with Crippen LogP contribution in [0.1, 0.15) is 33.8 Å². The third kappa shape index (κ3) is 3.51. The molecule has 2 fully saturated rings. The molecule has 26 heavy (non-hydrogen) atoms. The zero-order valence-electron chi connectivity index (χ0n) is 15.0. The van der Waals surface area contributed by atoms with Gasteiger partial charge in [0.15, 0.2) is 0 Å². The van der Waals surface area contributed by atoms with Crippen molar-refractivity contribution in [2.45, 2.75) is 31.9 Å². The van der Waals surface area contributed by atoms with Crippen LogP contribution in [0.5, 0.6) is 0 Å². The van der Waals surface area contributed by atoms with Crippen molar-refractivity contribution >= 4 is 17.2 Å². The van der Waals surface area contributed by atoms with Gasteiger partial charge < -0.3 is 10.1 Å². The summed E-state index contributed by atoms with van der Waals surface area (Å²) in [6, 6.07) is 3.47. The number of rotatable bonds is 6. The maximum Gasteiger partial charge on any atom is 0.251 e. The Morgan fingerprint density at radius 2 is 2.23 bits per heavy atom.